The van der Waals surface area contributed by atoms with Crippen LogP contribution in [0.5, 0.6) is 0 Å². The molecule has 1 atom stereocenters. The first-order chi connectivity index (χ1) is 26.8. The Morgan fingerprint density at radius 2 is 1.02 bits per heavy atom. The highest BCUT2D eigenvalue weighted by Crippen LogP contribution is 2.67. The lowest BCUT2D eigenvalue weighted by molar-refractivity contribution is 0.670. The van der Waals surface area contributed by atoms with E-state index in [1.54, 1.807) is 0 Å². The van der Waals surface area contributed by atoms with Crippen LogP contribution in [0.1, 0.15) is 22.3 Å². The SMILES string of the molecule is c1ccc2c(c1)-c1cccc3c1C2(c1cc(-c2cccc4c2oc2ccccc24)cc(-c2cccc4c2sc2ccccc24)c1)c1c-3sc2ccccc12. The summed E-state index contributed by atoms with van der Waals surface area (Å²) in [6, 6.07) is 63.3. The molecule has 1 unspecified atom stereocenters. The second-order valence-corrected chi connectivity index (χ2v) is 16.8. The molecule has 13 rings (SSSR count). The first-order valence-electron chi connectivity index (χ1n) is 18.5. The Labute approximate surface area is 319 Å². The van der Waals surface area contributed by atoms with E-state index in [-0.39, 0.29) is 0 Å². The molecule has 0 amide bonds. The van der Waals surface area contributed by atoms with Crippen molar-refractivity contribution < 1.29 is 4.42 Å². The van der Waals surface area contributed by atoms with E-state index in [9.17, 15) is 0 Å². The van der Waals surface area contributed by atoms with E-state index in [2.05, 4.69) is 170 Å². The molecule has 11 aromatic rings. The van der Waals surface area contributed by atoms with Gasteiger partial charge >= 0.3 is 0 Å². The van der Waals surface area contributed by atoms with E-state index >= 15 is 0 Å². The molecule has 2 aliphatic rings. The lowest BCUT2D eigenvalue weighted by atomic mass is 9.69. The second kappa shape index (κ2) is 10.4. The third-order valence-corrected chi connectivity index (χ3v) is 14.5. The molecule has 250 valence electrons. The highest BCUT2D eigenvalue weighted by atomic mass is 32.1. The van der Waals surface area contributed by atoms with Gasteiger partial charge in [0.25, 0.3) is 0 Å². The Hall–Kier alpha value is -6.26. The number of thiophene rings is 2. The normalized spacial score (nSPS) is 15.5. The molecule has 3 heteroatoms. The van der Waals surface area contributed by atoms with Gasteiger partial charge in [-0.3, -0.25) is 0 Å². The number of hydrogen-bond acceptors (Lipinski definition) is 3. The fourth-order valence-corrected chi connectivity index (χ4v) is 12.5. The van der Waals surface area contributed by atoms with Crippen LogP contribution >= 0.6 is 22.7 Å². The molecule has 0 bridgehead atoms. The fourth-order valence-electron chi connectivity index (χ4n) is 9.97. The van der Waals surface area contributed by atoms with Crippen molar-refractivity contribution >= 4 is 74.9 Å². The summed E-state index contributed by atoms with van der Waals surface area (Å²) in [7, 11) is 0. The van der Waals surface area contributed by atoms with Crippen molar-refractivity contribution in [3.8, 4) is 43.8 Å². The zero-order valence-electron chi connectivity index (χ0n) is 28.9. The summed E-state index contributed by atoms with van der Waals surface area (Å²) in [5.74, 6) is 0. The quantitative estimate of drug-likeness (QED) is 0.177. The largest absolute Gasteiger partial charge is 0.455 e. The molecule has 1 nitrogen and oxygen atoms in total. The number of rotatable bonds is 3. The molecule has 54 heavy (non-hydrogen) atoms. The number of para-hydroxylation sites is 2. The average Bonchev–Trinajstić information content (AvgIpc) is 4.03. The lowest BCUT2D eigenvalue weighted by Crippen LogP contribution is -2.26. The summed E-state index contributed by atoms with van der Waals surface area (Å²) in [6.07, 6.45) is 0. The van der Waals surface area contributed by atoms with Crippen LogP contribution < -0.4 is 0 Å². The number of furan rings is 1. The van der Waals surface area contributed by atoms with Crippen molar-refractivity contribution in [1.82, 2.24) is 0 Å². The Balaban J connectivity index is 1.20. The van der Waals surface area contributed by atoms with Gasteiger partial charge in [-0.2, -0.15) is 0 Å². The Morgan fingerprint density at radius 1 is 0.407 bits per heavy atom. The van der Waals surface area contributed by atoms with Gasteiger partial charge in [0.1, 0.15) is 11.2 Å². The number of fused-ring (bicyclic) bond motifs is 14. The Bertz CT molecular complexity index is 3280. The molecule has 0 saturated carbocycles. The summed E-state index contributed by atoms with van der Waals surface area (Å²) in [6.45, 7) is 0. The third-order valence-electron chi connectivity index (χ3n) is 12.1. The maximum Gasteiger partial charge on any atom is 0.143 e. The molecular formula is C51H28OS2. The van der Waals surface area contributed by atoms with E-state index in [0.717, 1.165) is 33.1 Å². The summed E-state index contributed by atoms with van der Waals surface area (Å²) in [4.78, 5) is 1.39. The van der Waals surface area contributed by atoms with Gasteiger partial charge in [0.15, 0.2) is 0 Å². The van der Waals surface area contributed by atoms with Crippen molar-refractivity contribution in [3.63, 3.8) is 0 Å². The molecule has 0 aliphatic heterocycles. The predicted octanol–water partition coefficient (Wildman–Crippen LogP) is 14.8. The molecule has 3 aromatic heterocycles. The van der Waals surface area contributed by atoms with Crippen LogP contribution in [0.2, 0.25) is 0 Å². The van der Waals surface area contributed by atoms with E-state index in [1.807, 2.05) is 22.7 Å². The zero-order valence-corrected chi connectivity index (χ0v) is 30.5. The maximum atomic E-state index is 6.74. The van der Waals surface area contributed by atoms with Gasteiger partial charge in [0.2, 0.25) is 0 Å². The van der Waals surface area contributed by atoms with Gasteiger partial charge in [-0.1, -0.05) is 133 Å². The van der Waals surface area contributed by atoms with E-state index in [1.165, 1.54) is 85.2 Å². The summed E-state index contributed by atoms with van der Waals surface area (Å²) in [5.41, 5.74) is 15.6. The van der Waals surface area contributed by atoms with Crippen molar-refractivity contribution in [2.45, 2.75) is 5.41 Å². The smallest absolute Gasteiger partial charge is 0.143 e. The van der Waals surface area contributed by atoms with Crippen LogP contribution in [-0.2, 0) is 5.41 Å². The van der Waals surface area contributed by atoms with Crippen LogP contribution in [-0.4, -0.2) is 0 Å². The Kier molecular flexibility index (Phi) is 5.65. The van der Waals surface area contributed by atoms with E-state index in [4.69, 9.17) is 4.42 Å². The minimum absolute atomic E-state index is 0.488. The molecule has 0 fully saturated rings. The standard InChI is InChI=1S/C51H28OS2/c1-5-22-42-34(12-1)37-18-11-21-41-46(37)51(42,47-40-15-4-8-25-45(40)54-50(41)47)31-27-29(32-16-9-19-38-35-13-2-6-23-43(35)52-48(32)38)26-30(28-31)33-17-10-20-39-36-14-3-7-24-44(36)53-49(33)39/h1-28H. The monoisotopic (exact) mass is 720 g/mol. The second-order valence-electron chi connectivity index (χ2n) is 14.7. The third kappa shape index (κ3) is 3.59. The molecule has 8 aromatic carbocycles. The topological polar surface area (TPSA) is 13.1 Å². The van der Waals surface area contributed by atoms with Crippen LogP contribution in [0.15, 0.2) is 174 Å². The van der Waals surface area contributed by atoms with Crippen molar-refractivity contribution in [2.24, 2.45) is 0 Å². The molecule has 0 spiro atoms. The van der Waals surface area contributed by atoms with Crippen molar-refractivity contribution in [3.05, 3.63) is 192 Å². The molecule has 2 aliphatic carbocycles. The van der Waals surface area contributed by atoms with Crippen LogP contribution in [0.4, 0.5) is 0 Å². The molecule has 3 heterocycles. The van der Waals surface area contributed by atoms with Gasteiger partial charge < -0.3 is 4.42 Å². The predicted molar refractivity (Wildman–Crippen MR) is 229 cm³/mol. The van der Waals surface area contributed by atoms with Gasteiger partial charge in [0.05, 0.1) is 5.41 Å². The molecule has 0 radical (unpaired) electrons. The van der Waals surface area contributed by atoms with Gasteiger partial charge in [-0.05, 0) is 97.4 Å². The first-order valence-corrected chi connectivity index (χ1v) is 20.1. The molecular weight excluding hydrogens is 693 g/mol. The number of hydrogen-bond donors (Lipinski definition) is 0. The first kappa shape index (κ1) is 29.2. The lowest BCUT2D eigenvalue weighted by Gasteiger charge is -2.32. The minimum Gasteiger partial charge on any atom is -0.455 e. The minimum atomic E-state index is -0.488. The number of benzene rings is 8. The Morgan fingerprint density at radius 3 is 1.91 bits per heavy atom. The zero-order chi connectivity index (χ0) is 35.1. The van der Waals surface area contributed by atoms with Crippen molar-refractivity contribution in [1.29, 1.82) is 0 Å². The van der Waals surface area contributed by atoms with Crippen LogP contribution in [0.25, 0.3) is 96.0 Å². The summed E-state index contributed by atoms with van der Waals surface area (Å²) < 4.78 is 10.7. The van der Waals surface area contributed by atoms with Crippen LogP contribution in [0, 0.1) is 0 Å². The maximum absolute atomic E-state index is 6.74. The van der Waals surface area contributed by atoms with Gasteiger partial charge in [-0.15, -0.1) is 22.7 Å². The van der Waals surface area contributed by atoms with Gasteiger partial charge in [-0.25, -0.2) is 0 Å². The van der Waals surface area contributed by atoms with Gasteiger partial charge in [0, 0.05) is 46.1 Å². The highest BCUT2D eigenvalue weighted by molar-refractivity contribution is 7.26. The highest BCUT2D eigenvalue weighted by Gasteiger charge is 2.54. The fraction of sp³-hybridized carbons (Fsp3) is 0.0196. The molecule has 0 N–H and O–H groups in total. The summed E-state index contributed by atoms with van der Waals surface area (Å²) in [5, 5.41) is 6.26. The van der Waals surface area contributed by atoms with E-state index < -0.39 is 5.41 Å². The van der Waals surface area contributed by atoms with Crippen molar-refractivity contribution in [2.75, 3.05) is 0 Å². The summed E-state index contributed by atoms with van der Waals surface area (Å²) >= 11 is 3.84. The van der Waals surface area contributed by atoms with Crippen LogP contribution in [0.3, 0.4) is 0 Å². The average molecular weight is 721 g/mol. The van der Waals surface area contributed by atoms with E-state index in [0.29, 0.717) is 0 Å². The molecule has 0 saturated heterocycles.